The van der Waals surface area contributed by atoms with Gasteiger partial charge in [-0.05, 0) is 43.9 Å². The highest BCUT2D eigenvalue weighted by Gasteiger charge is 2.11. The van der Waals surface area contributed by atoms with Gasteiger partial charge in [0, 0.05) is 40.6 Å². The number of aliphatic hydroxyl groups excluding tert-OH is 2. The van der Waals surface area contributed by atoms with Gasteiger partial charge in [0.05, 0.1) is 11.7 Å². The van der Waals surface area contributed by atoms with E-state index in [0.717, 1.165) is 16.3 Å². The molecular formula is C23H25ClN4O2. The van der Waals surface area contributed by atoms with Gasteiger partial charge in [-0.15, -0.1) is 0 Å². The molecule has 0 aliphatic rings. The number of nitrogen functional groups attached to an aromatic ring is 1. The summed E-state index contributed by atoms with van der Waals surface area (Å²) in [6.07, 6.45) is 0.266. The first-order chi connectivity index (χ1) is 14.3. The second-order valence-corrected chi connectivity index (χ2v) is 7.79. The van der Waals surface area contributed by atoms with E-state index in [2.05, 4.69) is 22.1 Å². The van der Waals surface area contributed by atoms with Crippen LogP contribution < -0.4 is 11.1 Å². The number of fused-ring (bicyclic) bond motifs is 1. The molecule has 7 heteroatoms. The largest absolute Gasteiger partial charge is 0.390 e. The van der Waals surface area contributed by atoms with Crippen molar-refractivity contribution in [1.82, 2.24) is 15.2 Å². The zero-order chi connectivity index (χ0) is 21.7. The Hall–Kier alpha value is -2.66. The van der Waals surface area contributed by atoms with Gasteiger partial charge < -0.3 is 20.8 Å². The molecule has 156 valence electrons. The van der Waals surface area contributed by atoms with Crippen LogP contribution in [0.15, 0.2) is 48.7 Å². The van der Waals surface area contributed by atoms with E-state index >= 15 is 0 Å². The molecule has 0 fully saturated rings. The molecule has 0 aliphatic carbocycles. The van der Waals surface area contributed by atoms with E-state index < -0.39 is 12.3 Å². The van der Waals surface area contributed by atoms with Crippen LogP contribution in [-0.2, 0) is 0 Å². The predicted octanol–water partition coefficient (Wildman–Crippen LogP) is 2.37. The lowest BCUT2D eigenvalue weighted by Crippen LogP contribution is -2.36. The standard InChI is InChI=1S/C23H25ClN4O2/c1-28(2)14-19(29)13-27-23(30)16-6-3-15(4-7-16)5-10-20-21-11-18(24)9-8-17(21)12-26-22(20)25/h3-4,6-9,11-12,19,23,27,29-30H,13-14H2,1-2H3,(H2,25,26). The van der Waals surface area contributed by atoms with Crippen LogP contribution >= 0.6 is 11.6 Å². The maximum Gasteiger partial charge on any atom is 0.139 e. The van der Waals surface area contributed by atoms with E-state index in [-0.39, 0.29) is 6.54 Å². The van der Waals surface area contributed by atoms with Crippen molar-refractivity contribution in [2.45, 2.75) is 12.3 Å². The summed E-state index contributed by atoms with van der Waals surface area (Å²) in [5.41, 5.74) is 8.13. The summed E-state index contributed by atoms with van der Waals surface area (Å²) in [7, 11) is 3.77. The number of nitrogens with one attached hydrogen (secondary N) is 1. The van der Waals surface area contributed by atoms with Crippen LogP contribution in [0.5, 0.6) is 0 Å². The lowest BCUT2D eigenvalue weighted by Gasteiger charge is -2.19. The number of benzene rings is 2. The number of rotatable bonds is 6. The number of halogens is 1. The Balaban J connectivity index is 1.73. The molecule has 0 bridgehead atoms. The highest BCUT2D eigenvalue weighted by atomic mass is 35.5. The molecule has 1 aromatic heterocycles. The Bertz CT molecular complexity index is 1070. The summed E-state index contributed by atoms with van der Waals surface area (Å²) in [5, 5.41) is 25.5. The number of anilines is 1. The van der Waals surface area contributed by atoms with E-state index in [1.165, 1.54) is 0 Å². The lowest BCUT2D eigenvalue weighted by atomic mass is 10.1. The van der Waals surface area contributed by atoms with Crippen LogP contribution in [0, 0.1) is 11.8 Å². The topological polar surface area (TPSA) is 94.6 Å². The number of pyridine rings is 1. The van der Waals surface area contributed by atoms with Crippen molar-refractivity contribution in [3.63, 3.8) is 0 Å². The van der Waals surface area contributed by atoms with Crippen molar-refractivity contribution in [3.05, 3.63) is 70.4 Å². The molecule has 0 amide bonds. The molecule has 2 unspecified atom stereocenters. The van der Waals surface area contributed by atoms with Gasteiger partial charge in [0.2, 0.25) is 0 Å². The van der Waals surface area contributed by atoms with E-state index in [1.807, 2.05) is 43.3 Å². The summed E-state index contributed by atoms with van der Waals surface area (Å²) in [6, 6.07) is 12.7. The van der Waals surface area contributed by atoms with Crippen molar-refractivity contribution < 1.29 is 10.2 Å². The molecule has 0 saturated heterocycles. The van der Waals surface area contributed by atoms with E-state index in [4.69, 9.17) is 17.3 Å². The zero-order valence-electron chi connectivity index (χ0n) is 16.9. The molecule has 5 N–H and O–H groups in total. The van der Waals surface area contributed by atoms with Crippen molar-refractivity contribution in [3.8, 4) is 11.8 Å². The normalized spacial score (nSPS) is 13.1. The van der Waals surface area contributed by atoms with Gasteiger partial charge in [0.1, 0.15) is 12.0 Å². The van der Waals surface area contributed by atoms with E-state index in [0.29, 0.717) is 28.5 Å². The molecule has 2 atom stereocenters. The second-order valence-electron chi connectivity index (χ2n) is 7.35. The highest BCUT2D eigenvalue weighted by Crippen LogP contribution is 2.25. The summed E-state index contributed by atoms with van der Waals surface area (Å²) >= 11 is 6.12. The molecule has 1 heterocycles. The number of aliphatic hydroxyl groups is 2. The molecule has 3 aromatic rings. The molecule has 0 spiro atoms. The van der Waals surface area contributed by atoms with E-state index in [1.54, 1.807) is 24.4 Å². The number of nitrogens with zero attached hydrogens (tertiary/aromatic N) is 2. The third-order valence-corrected chi connectivity index (χ3v) is 4.80. The Morgan fingerprint density at radius 1 is 1.13 bits per heavy atom. The molecule has 30 heavy (non-hydrogen) atoms. The summed E-state index contributed by atoms with van der Waals surface area (Å²) < 4.78 is 0. The highest BCUT2D eigenvalue weighted by molar-refractivity contribution is 6.31. The molecule has 2 aromatic carbocycles. The van der Waals surface area contributed by atoms with Crippen LogP contribution in [0.3, 0.4) is 0 Å². The Morgan fingerprint density at radius 2 is 1.87 bits per heavy atom. The third-order valence-electron chi connectivity index (χ3n) is 4.56. The number of hydrogen-bond acceptors (Lipinski definition) is 6. The van der Waals surface area contributed by atoms with Crippen LogP contribution in [0.2, 0.25) is 5.02 Å². The maximum absolute atomic E-state index is 10.3. The van der Waals surface area contributed by atoms with Gasteiger partial charge in [-0.2, -0.15) is 0 Å². The number of aromatic nitrogens is 1. The van der Waals surface area contributed by atoms with Crippen molar-refractivity contribution >= 4 is 28.2 Å². The minimum Gasteiger partial charge on any atom is -0.390 e. The third kappa shape index (κ3) is 5.70. The van der Waals surface area contributed by atoms with Gasteiger partial charge in [-0.25, -0.2) is 4.98 Å². The molecular weight excluding hydrogens is 400 g/mol. The summed E-state index contributed by atoms with van der Waals surface area (Å²) in [5.74, 6) is 6.54. The van der Waals surface area contributed by atoms with Gasteiger partial charge in [0.15, 0.2) is 0 Å². The number of hydrogen-bond donors (Lipinski definition) is 4. The van der Waals surface area contributed by atoms with Gasteiger partial charge >= 0.3 is 0 Å². The summed E-state index contributed by atoms with van der Waals surface area (Å²) in [6.45, 7) is 0.808. The monoisotopic (exact) mass is 424 g/mol. The lowest BCUT2D eigenvalue weighted by molar-refractivity contribution is 0.0888. The number of nitrogens with two attached hydrogens (primary N) is 1. The van der Waals surface area contributed by atoms with Crippen molar-refractivity contribution in [2.75, 3.05) is 32.9 Å². The quantitative estimate of drug-likeness (QED) is 0.358. The fraction of sp³-hybridized carbons (Fsp3) is 0.261. The average molecular weight is 425 g/mol. The fourth-order valence-electron chi connectivity index (χ4n) is 3.07. The molecule has 3 rings (SSSR count). The first-order valence-electron chi connectivity index (χ1n) is 9.53. The van der Waals surface area contributed by atoms with E-state index in [9.17, 15) is 10.2 Å². The van der Waals surface area contributed by atoms with Crippen molar-refractivity contribution in [1.29, 1.82) is 0 Å². The number of likely N-dealkylation sites (N-methyl/N-ethyl adjacent to an activating group) is 1. The average Bonchev–Trinajstić information content (AvgIpc) is 2.71. The van der Waals surface area contributed by atoms with Crippen LogP contribution in [0.4, 0.5) is 5.82 Å². The molecule has 0 saturated carbocycles. The Morgan fingerprint density at radius 3 is 2.57 bits per heavy atom. The minimum atomic E-state index is -0.871. The Labute approximate surface area is 181 Å². The first kappa shape index (κ1) is 22.0. The second kappa shape index (κ2) is 9.90. The minimum absolute atomic E-state index is 0.289. The van der Waals surface area contributed by atoms with Crippen LogP contribution in [0.1, 0.15) is 22.9 Å². The van der Waals surface area contributed by atoms with Gasteiger partial charge in [0.25, 0.3) is 0 Å². The SMILES string of the molecule is CN(C)CC(O)CNC(O)c1ccc(C#Cc2c(N)ncc3ccc(Cl)cc23)cc1. The smallest absolute Gasteiger partial charge is 0.139 e. The van der Waals surface area contributed by atoms with Crippen LogP contribution in [0.25, 0.3) is 10.8 Å². The van der Waals surface area contributed by atoms with Crippen molar-refractivity contribution in [2.24, 2.45) is 0 Å². The summed E-state index contributed by atoms with van der Waals surface area (Å²) in [4.78, 5) is 6.09. The molecule has 0 aliphatic heterocycles. The zero-order valence-corrected chi connectivity index (χ0v) is 17.7. The Kier molecular flexibility index (Phi) is 7.27. The predicted molar refractivity (Wildman–Crippen MR) is 121 cm³/mol. The molecule has 6 nitrogen and oxygen atoms in total. The van der Waals surface area contributed by atoms with Gasteiger partial charge in [-0.3, -0.25) is 5.32 Å². The van der Waals surface area contributed by atoms with Gasteiger partial charge in [-0.1, -0.05) is 41.6 Å². The first-order valence-corrected chi connectivity index (χ1v) is 9.91. The fourth-order valence-corrected chi connectivity index (χ4v) is 3.24. The molecule has 0 radical (unpaired) electrons. The maximum atomic E-state index is 10.3. The van der Waals surface area contributed by atoms with Crippen LogP contribution in [-0.4, -0.2) is 53.4 Å².